The Bertz CT molecular complexity index is 3320. The Balaban J connectivity index is 0.870. The number of fused-ring (bicyclic) bond motifs is 2. The molecule has 0 radical (unpaired) electrons. The Morgan fingerprint density at radius 3 is 1.73 bits per heavy atom. The molecule has 0 spiro atoms. The van der Waals surface area contributed by atoms with E-state index < -0.39 is 11.5 Å². The van der Waals surface area contributed by atoms with Gasteiger partial charge in [-0.1, -0.05) is 60.1 Å². The fourth-order valence-corrected chi connectivity index (χ4v) is 7.38. The molecule has 9 aromatic rings. The molecular weight excluding hydrogens is 860 g/mol. The van der Waals surface area contributed by atoms with Crippen molar-refractivity contribution in [3.8, 4) is 11.1 Å². The molecule has 0 amide bonds. The van der Waals surface area contributed by atoms with Crippen LogP contribution in [0.4, 0.5) is 0 Å². The highest BCUT2D eigenvalue weighted by Gasteiger charge is 2.17. The third kappa shape index (κ3) is 7.79. The van der Waals surface area contributed by atoms with Crippen molar-refractivity contribution in [1.29, 1.82) is 0 Å². The number of halogens is 2. The van der Waals surface area contributed by atoms with Crippen LogP contribution >= 0.6 is 27.5 Å². The minimum atomic E-state index is -0.630. The Kier molecular flexibility index (Phi) is 10.3. The van der Waals surface area contributed by atoms with E-state index in [0.717, 1.165) is 32.3 Å². The molecule has 3 aromatic carbocycles. The summed E-state index contributed by atoms with van der Waals surface area (Å²) < 4.78 is 20.0. The van der Waals surface area contributed by atoms with Crippen LogP contribution in [0.5, 0.6) is 0 Å². The summed E-state index contributed by atoms with van der Waals surface area (Å²) in [6, 6.07) is 21.5. The average Bonchev–Trinajstić information content (AvgIpc) is 4.02. The Morgan fingerprint density at radius 1 is 0.600 bits per heavy atom. The fraction of sp³-hybridized carbons (Fsp3) is 0.200. The molecule has 0 aliphatic carbocycles. The average molecular weight is 892 g/mol. The van der Waals surface area contributed by atoms with E-state index in [2.05, 4.69) is 46.1 Å². The quantitative estimate of drug-likeness (QED) is 0.161. The van der Waals surface area contributed by atoms with E-state index in [4.69, 9.17) is 20.4 Å². The Labute approximate surface area is 350 Å². The molecule has 20 heteroatoms. The molecular formula is C40H32BrClN12O6. The van der Waals surface area contributed by atoms with Gasteiger partial charge in [0, 0.05) is 18.1 Å². The second-order valence-electron chi connectivity index (χ2n) is 14.0. The van der Waals surface area contributed by atoms with Crippen LogP contribution in [0.3, 0.4) is 0 Å². The number of rotatable bonds is 13. The maximum atomic E-state index is 13.8. The van der Waals surface area contributed by atoms with E-state index in [1.165, 1.54) is 37.5 Å². The monoisotopic (exact) mass is 890 g/mol. The highest BCUT2D eigenvalue weighted by Crippen LogP contribution is 2.24. The molecule has 9 rings (SSSR count). The number of benzene rings is 3. The van der Waals surface area contributed by atoms with Crippen LogP contribution in [0.25, 0.3) is 33.5 Å². The zero-order valence-electron chi connectivity index (χ0n) is 31.7. The van der Waals surface area contributed by atoms with Crippen molar-refractivity contribution in [3.05, 3.63) is 172 Å². The number of nitrogens with zero attached hydrogens (tertiary/aromatic N) is 12. The molecule has 6 aromatic heterocycles. The predicted molar refractivity (Wildman–Crippen MR) is 222 cm³/mol. The van der Waals surface area contributed by atoms with Gasteiger partial charge in [0.2, 0.25) is 11.8 Å². The van der Waals surface area contributed by atoms with Gasteiger partial charge >= 0.3 is 11.5 Å². The van der Waals surface area contributed by atoms with Gasteiger partial charge < -0.3 is 18.0 Å². The first-order chi connectivity index (χ1) is 29.1. The van der Waals surface area contributed by atoms with Crippen molar-refractivity contribution in [3.63, 3.8) is 0 Å². The number of hydrogen-bond donors (Lipinski definition) is 0. The van der Waals surface area contributed by atoms with Gasteiger partial charge in [-0.15, -0.1) is 10.2 Å². The van der Waals surface area contributed by atoms with Crippen molar-refractivity contribution >= 4 is 49.9 Å². The highest BCUT2D eigenvalue weighted by molar-refractivity contribution is 9.10. The summed E-state index contributed by atoms with van der Waals surface area (Å²) in [5, 5.41) is 9.20. The molecule has 0 saturated heterocycles. The summed E-state index contributed by atoms with van der Waals surface area (Å²) >= 11 is 9.58. The highest BCUT2D eigenvalue weighted by atomic mass is 79.9. The van der Waals surface area contributed by atoms with Gasteiger partial charge in [-0.25, -0.2) is 29.5 Å². The van der Waals surface area contributed by atoms with Crippen LogP contribution in [-0.2, 0) is 52.6 Å². The van der Waals surface area contributed by atoms with Crippen molar-refractivity contribution in [2.45, 2.75) is 45.6 Å². The Morgan fingerprint density at radius 2 is 1.12 bits per heavy atom. The third-order valence-electron chi connectivity index (χ3n) is 9.96. The maximum Gasteiger partial charge on any atom is 0.437 e. The minimum absolute atomic E-state index is 0.0556. The van der Waals surface area contributed by atoms with Gasteiger partial charge in [0.15, 0.2) is 22.3 Å². The molecule has 60 heavy (non-hydrogen) atoms. The van der Waals surface area contributed by atoms with E-state index in [1.54, 1.807) is 22.5 Å². The van der Waals surface area contributed by atoms with Gasteiger partial charge in [0.1, 0.15) is 25.7 Å². The van der Waals surface area contributed by atoms with Crippen LogP contribution < -0.4 is 22.6 Å². The maximum absolute atomic E-state index is 13.8. The van der Waals surface area contributed by atoms with Crippen LogP contribution in [0.1, 0.15) is 28.5 Å². The normalized spacial score (nSPS) is 11.7. The summed E-state index contributed by atoms with van der Waals surface area (Å²) in [7, 11) is 1.71. The zero-order chi connectivity index (χ0) is 41.5. The SMILES string of the molecule is Cn1cnc2ncn(Cc3nn(CCc4cccc(-c5cccc(Cn6cnc7ncn(Cc8nn(CCc9ccc(Br)c(Cl)c9)c(=O)o8)c(=O)c76)c5)c4)c(=O)o3)c(=O)c21. The number of aryl methyl sites for hydroxylation is 5. The third-order valence-corrected chi connectivity index (χ3v) is 11.2. The summed E-state index contributed by atoms with van der Waals surface area (Å²) in [6.45, 7) is 0.711. The van der Waals surface area contributed by atoms with Crippen LogP contribution in [0.2, 0.25) is 5.02 Å². The lowest BCUT2D eigenvalue weighted by Gasteiger charge is -2.09. The molecule has 0 aliphatic rings. The smallest absolute Gasteiger partial charge is 0.390 e. The lowest BCUT2D eigenvalue weighted by atomic mass is 10.00. The lowest BCUT2D eigenvalue weighted by molar-refractivity contribution is 0.434. The minimum Gasteiger partial charge on any atom is -0.390 e. The van der Waals surface area contributed by atoms with E-state index in [0.29, 0.717) is 41.1 Å². The predicted octanol–water partition coefficient (Wildman–Crippen LogP) is 4.05. The topological polar surface area (TPSA) is 201 Å². The summed E-state index contributed by atoms with van der Waals surface area (Å²) in [6.07, 6.45) is 6.80. The fourth-order valence-electron chi connectivity index (χ4n) is 6.93. The molecule has 0 unspecified atom stereocenters. The van der Waals surface area contributed by atoms with Gasteiger partial charge in [0.05, 0.1) is 30.8 Å². The Hall–Kier alpha value is -6.99. The lowest BCUT2D eigenvalue weighted by Crippen LogP contribution is -2.23. The molecule has 0 aliphatic heterocycles. The van der Waals surface area contributed by atoms with Crippen molar-refractivity contribution in [2.75, 3.05) is 0 Å². The van der Waals surface area contributed by atoms with Gasteiger partial charge in [-0.05, 0) is 74.8 Å². The molecule has 0 atom stereocenters. The van der Waals surface area contributed by atoms with Crippen LogP contribution in [0, 0.1) is 0 Å². The summed E-state index contributed by atoms with van der Waals surface area (Å²) in [5.41, 5.74) is 5.31. The largest absolute Gasteiger partial charge is 0.437 e. The van der Waals surface area contributed by atoms with E-state index >= 15 is 0 Å². The molecule has 0 fully saturated rings. The number of aromatic nitrogens is 12. The molecule has 18 nitrogen and oxygen atoms in total. The molecule has 302 valence electrons. The first-order valence-electron chi connectivity index (χ1n) is 18.6. The first kappa shape index (κ1) is 38.5. The van der Waals surface area contributed by atoms with E-state index in [9.17, 15) is 19.2 Å². The van der Waals surface area contributed by atoms with Gasteiger partial charge in [0.25, 0.3) is 11.1 Å². The van der Waals surface area contributed by atoms with Crippen LogP contribution in [0.15, 0.2) is 125 Å². The van der Waals surface area contributed by atoms with Crippen molar-refractivity contribution in [1.82, 2.24) is 57.8 Å². The van der Waals surface area contributed by atoms with Crippen LogP contribution in [-0.4, -0.2) is 57.8 Å². The second-order valence-corrected chi connectivity index (χ2v) is 15.3. The van der Waals surface area contributed by atoms with Gasteiger partial charge in [-0.2, -0.15) is 9.36 Å². The summed E-state index contributed by atoms with van der Waals surface area (Å²) in [4.78, 5) is 69.0. The zero-order valence-corrected chi connectivity index (χ0v) is 34.0. The standard InChI is InChI=1S/C40H32BrClN12O6/c1-49-20-43-35-33(49)37(55)51(22-45-35)18-31-47-53(39(57)59-31)12-10-24-4-2-6-27(14-24)28-7-3-5-26(15-28)17-50-21-44-36-34(50)38(56)52(23-46-36)19-32-48-54(40(58)60-32)13-11-25-8-9-29(41)30(42)16-25/h2-9,14-16,20-23H,10-13,17-19H2,1H3. The van der Waals surface area contributed by atoms with E-state index in [-0.39, 0.29) is 54.7 Å². The van der Waals surface area contributed by atoms with E-state index in [1.807, 2.05) is 66.7 Å². The molecule has 0 saturated carbocycles. The number of imidazole rings is 2. The van der Waals surface area contributed by atoms with Crippen molar-refractivity contribution in [2.24, 2.45) is 7.05 Å². The molecule has 0 N–H and O–H groups in total. The molecule has 6 heterocycles. The molecule has 0 bridgehead atoms. The first-order valence-corrected chi connectivity index (χ1v) is 19.8. The second kappa shape index (κ2) is 16.0. The number of hydrogen-bond acceptors (Lipinski definition) is 12. The summed E-state index contributed by atoms with van der Waals surface area (Å²) in [5.74, 6) is -1.09. The van der Waals surface area contributed by atoms with Gasteiger partial charge in [-0.3, -0.25) is 18.7 Å². The van der Waals surface area contributed by atoms with Crippen molar-refractivity contribution < 1.29 is 8.83 Å².